The van der Waals surface area contributed by atoms with Crippen LogP contribution in [0, 0.1) is 5.41 Å². The second-order valence-electron chi connectivity index (χ2n) is 14.1. The minimum atomic E-state index is -1.90. The average molecular weight is 640 g/mol. The molecule has 0 saturated carbocycles. The molecule has 0 unspecified atom stereocenters. The molecular weight excluding hydrogens is 592 g/mol. The summed E-state index contributed by atoms with van der Waals surface area (Å²) in [5, 5.41) is 2.20. The van der Waals surface area contributed by atoms with E-state index in [1.165, 1.54) is 0 Å². The second kappa shape index (κ2) is 11.9. The number of pyridine rings is 1. The van der Waals surface area contributed by atoms with Gasteiger partial charge in [0.2, 0.25) is 0 Å². The molecule has 1 saturated heterocycles. The van der Waals surface area contributed by atoms with Crippen LogP contribution >= 0.6 is 27.7 Å². The Labute approximate surface area is 248 Å². The van der Waals surface area contributed by atoms with Crippen molar-refractivity contribution in [2.45, 2.75) is 109 Å². The fraction of sp³-hybridized carbons (Fsp3) is 0.667. The summed E-state index contributed by atoms with van der Waals surface area (Å²) in [7, 11) is -1.90. The van der Waals surface area contributed by atoms with Crippen molar-refractivity contribution in [3.8, 4) is 0 Å². The molecule has 6 nitrogen and oxygen atoms in total. The molecule has 39 heavy (non-hydrogen) atoms. The summed E-state index contributed by atoms with van der Waals surface area (Å²) in [5.41, 5.74) is -0.670. The summed E-state index contributed by atoms with van der Waals surface area (Å²) >= 11 is 5.41. The maximum Gasteiger partial charge on any atom is 0.410 e. The van der Waals surface area contributed by atoms with E-state index in [0.29, 0.717) is 31.5 Å². The van der Waals surface area contributed by atoms with Gasteiger partial charge in [-0.25, -0.2) is 4.79 Å². The molecule has 3 rings (SSSR count). The van der Waals surface area contributed by atoms with Gasteiger partial charge in [-0.3, -0.25) is 4.79 Å². The van der Waals surface area contributed by atoms with Crippen molar-refractivity contribution in [2.24, 2.45) is 5.41 Å². The van der Waals surface area contributed by atoms with Gasteiger partial charge < -0.3 is 18.6 Å². The SMILES string of the molecule is CC(C)(CO[Si](C)(C)C(C)(C)C)Cn1cc(SC2CCN(C(=O)OC(C)(C)C)CC2)c2cc(Br)ccc2c1=O. The minimum absolute atomic E-state index is 0.0296. The first-order valence-corrected chi connectivity index (χ1v) is 18.5. The van der Waals surface area contributed by atoms with Crippen LogP contribution in [0.25, 0.3) is 10.8 Å². The number of hydrogen-bond acceptors (Lipinski definition) is 5. The number of ether oxygens (including phenoxy) is 1. The molecule has 0 atom stereocenters. The summed E-state index contributed by atoms with van der Waals surface area (Å²) in [6.07, 6.45) is 3.56. The van der Waals surface area contributed by atoms with Crippen LogP contribution in [0.3, 0.4) is 0 Å². The maximum absolute atomic E-state index is 13.6. The molecule has 1 aliphatic rings. The smallest absolute Gasteiger partial charge is 0.410 e. The Morgan fingerprint density at radius 1 is 1.05 bits per heavy atom. The number of nitrogens with zero attached hydrogens (tertiary/aromatic N) is 2. The number of benzene rings is 1. The molecule has 0 aliphatic carbocycles. The van der Waals surface area contributed by atoms with Gasteiger partial charge in [0.25, 0.3) is 5.56 Å². The number of rotatable bonds is 7. The zero-order valence-electron chi connectivity index (χ0n) is 25.4. The lowest BCUT2D eigenvalue weighted by Gasteiger charge is -2.39. The number of hydrogen-bond donors (Lipinski definition) is 0. The minimum Gasteiger partial charge on any atom is -0.444 e. The molecule has 2 aromatic rings. The molecule has 2 heterocycles. The third-order valence-corrected chi connectivity index (χ3v) is 14.0. The fourth-order valence-corrected chi connectivity index (χ4v) is 7.14. The van der Waals surface area contributed by atoms with Crippen LogP contribution in [0.4, 0.5) is 4.79 Å². The molecule has 1 amide bonds. The van der Waals surface area contributed by atoms with Crippen LogP contribution in [0.2, 0.25) is 18.1 Å². The molecule has 0 N–H and O–H groups in total. The summed E-state index contributed by atoms with van der Waals surface area (Å²) < 4.78 is 15.0. The first kappa shape index (κ1) is 32.2. The van der Waals surface area contributed by atoms with Gasteiger partial charge in [-0.15, -0.1) is 11.8 Å². The van der Waals surface area contributed by atoms with Gasteiger partial charge in [0.15, 0.2) is 8.32 Å². The number of aromatic nitrogens is 1. The summed E-state index contributed by atoms with van der Waals surface area (Å²) in [4.78, 5) is 29.0. The number of likely N-dealkylation sites (tertiary alicyclic amines) is 1. The highest BCUT2D eigenvalue weighted by Crippen LogP contribution is 2.39. The molecule has 1 aromatic carbocycles. The Bertz CT molecular complexity index is 1240. The zero-order chi connectivity index (χ0) is 29.4. The molecule has 0 spiro atoms. The van der Waals surface area contributed by atoms with Crippen molar-refractivity contribution < 1.29 is 14.0 Å². The molecular formula is C30H47BrN2O4SSi. The number of fused-ring (bicyclic) bond motifs is 1. The molecule has 218 valence electrons. The van der Waals surface area contributed by atoms with E-state index in [1.54, 1.807) is 0 Å². The molecule has 1 fully saturated rings. The van der Waals surface area contributed by atoms with Crippen molar-refractivity contribution in [1.29, 1.82) is 0 Å². The lowest BCUT2D eigenvalue weighted by atomic mass is 9.94. The molecule has 1 aromatic heterocycles. The van der Waals surface area contributed by atoms with Gasteiger partial charge in [0, 0.05) is 63.2 Å². The van der Waals surface area contributed by atoms with Crippen LogP contribution in [0.1, 0.15) is 68.2 Å². The van der Waals surface area contributed by atoms with Gasteiger partial charge >= 0.3 is 6.09 Å². The summed E-state index contributed by atoms with van der Waals surface area (Å²) in [6, 6.07) is 5.91. The molecule has 1 aliphatic heterocycles. The largest absolute Gasteiger partial charge is 0.444 e. The van der Waals surface area contributed by atoms with Gasteiger partial charge in [-0.1, -0.05) is 50.5 Å². The Morgan fingerprint density at radius 3 is 2.23 bits per heavy atom. The van der Waals surface area contributed by atoms with Crippen LogP contribution in [-0.4, -0.2) is 54.4 Å². The molecule has 0 radical (unpaired) electrons. The highest BCUT2D eigenvalue weighted by atomic mass is 79.9. The van der Waals surface area contributed by atoms with E-state index in [9.17, 15) is 9.59 Å². The van der Waals surface area contributed by atoms with Gasteiger partial charge in [-0.05, 0) is 69.9 Å². The third-order valence-electron chi connectivity index (χ3n) is 7.63. The van der Waals surface area contributed by atoms with E-state index < -0.39 is 13.9 Å². The monoisotopic (exact) mass is 638 g/mol. The highest BCUT2D eigenvalue weighted by molar-refractivity contribution is 9.10. The number of halogens is 1. The third kappa shape index (κ3) is 8.60. The van der Waals surface area contributed by atoms with E-state index in [0.717, 1.165) is 33.0 Å². The Morgan fingerprint density at radius 2 is 1.67 bits per heavy atom. The van der Waals surface area contributed by atoms with Crippen LogP contribution in [-0.2, 0) is 15.7 Å². The van der Waals surface area contributed by atoms with E-state index >= 15 is 0 Å². The first-order chi connectivity index (χ1) is 17.8. The second-order valence-corrected chi connectivity index (χ2v) is 21.2. The van der Waals surface area contributed by atoms with E-state index in [2.05, 4.69) is 63.6 Å². The lowest BCUT2D eigenvalue weighted by molar-refractivity contribution is 0.0219. The van der Waals surface area contributed by atoms with Gasteiger partial charge in [0.1, 0.15) is 5.60 Å². The topological polar surface area (TPSA) is 60.8 Å². The van der Waals surface area contributed by atoms with Gasteiger partial charge in [0.05, 0.1) is 0 Å². The first-order valence-electron chi connectivity index (χ1n) is 13.9. The van der Waals surface area contributed by atoms with Crippen LogP contribution < -0.4 is 5.56 Å². The number of amides is 1. The molecule has 9 heteroatoms. The number of carbonyl (C=O) groups excluding carboxylic acids is 1. The fourth-order valence-electron chi connectivity index (χ4n) is 4.30. The lowest BCUT2D eigenvalue weighted by Crippen LogP contribution is -2.44. The number of piperidine rings is 1. The average Bonchev–Trinajstić information content (AvgIpc) is 2.79. The summed E-state index contributed by atoms with van der Waals surface area (Å²) in [6.45, 7) is 23.9. The Balaban J connectivity index is 1.81. The summed E-state index contributed by atoms with van der Waals surface area (Å²) in [5.74, 6) is 0. The van der Waals surface area contributed by atoms with Crippen LogP contribution in [0.15, 0.2) is 38.6 Å². The molecule has 0 bridgehead atoms. The van der Waals surface area contributed by atoms with Crippen LogP contribution in [0.5, 0.6) is 0 Å². The number of thioether (sulfide) groups is 1. The van der Waals surface area contributed by atoms with Gasteiger partial charge in [-0.2, -0.15) is 0 Å². The Kier molecular flexibility index (Phi) is 9.83. The standard InChI is InChI=1S/C30H47BrN2O4SSi/c1-28(2,3)37-27(35)32-15-13-22(14-16-32)38-25-18-33(26(34)23-12-11-21(31)17-24(23)25)19-30(7,8)20-36-39(9,10)29(4,5)6/h11-12,17-18,22H,13-16,19-20H2,1-10H3. The van der Waals surface area contributed by atoms with Crippen molar-refractivity contribution in [3.05, 3.63) is 39.2 Å². The normalized spacial score (nSPS) is 16.1. The zero-order valence-corrected chi connectivity index (χ0v) is 28.8. The predicted octanol–water partition coefficient (Wildman–Crippen LogP) is 8.30. The van der Waals surface area contributed by atoms with E-state index in [4.69, 9.17) is 9.16 Å². The van der Waals surface area contributed by atoms with E-state index in [1.807, 2.05) is 66.4 Å². The van der Waals surface area contributed by atoms with E-state index in [-0.39, 0.29) is 22.1 Å². The quantitative estimate of drug-likeness (QED) is 0.285. The van der Waals surface area contributed by atoms with Crippen molar-refractivity contribution >= 4 is 52.9 Å². The Hall–Kier alpha value is -1.29. The van der Waals surface area contributed by atoms with Crippen molar-refractivity contribution in [2.75, 3.05) is 19.7 Å². The predicted molar refractivity (Wildman–Crippen MR) is 170 cm³/mol. The van der Waals surface area contributed by atoms with Crippen molar-refractivity contribution in [1.82, 2.24) is 9.47 Å². The maximum atomic E-state index is 13.6. The van der Waals surface area contributed by atoms with Crippen molar-refractivity contribution in [3.63, 3.8) is 0 Å². The highest BCUT2D eigenvalue weighted by Gasteiger charge is 2.38. The number of carbonyl (C=O) groups is 1.